The second-order valence-corrected chi connectivity index (χ2v) is 6.73. The second kappa shape index (κ2) is 5.92. The molecule has 0 N–H and O–H groups in total. The molecule has 1 unspecified atom stereocenters. The van der Waals surface area contributed by atoms with E-state index in [9.17, 15) is 10.1 Å². The molecule has 2 aromatic rings. The number of nitrogens with zero attached hydrogens (tertiary/aromatic N) is 4. The first-order valence-corrected chi connectivity index (χ1v) is 8.64. The molecule has 1 aromatic carbocycles. The van der Waals surface area contributed by atoms with Crippen LogP contribution in [0.5, 0.6) is 0 Å². The first kappa shape index (κ1) is 15.7. The van der Waals surface area contributed by atoms with Crippen LogP contribution >= 0.6 is 0 Å². The van der Waals surface area contributed by atoms with E-state index >= 15 is 0 Å². The molecule has 25 heavy (non-hydrogen) atoms. The molecule has 0 radical (unpaired) electrons. The Kier molecular flexibility index (Phi) is 3.72. The second-order valence-electron chi connectivity index (χ2n) is 6.73. The zero-order chi connectivity index (χ0) is 17.6. The maximum absolute atomic E-state index is 12.9. The maximum Gasteiger partial charge on any atom is 0.250 e. The molecule has 1 fully saturated rings. The number of carbonyl (C=O) groups excluding carboxylic acids is 1. The lowest BCUT2D eigenvalue weighted by atomic mass is 10.0. The summed E-state index contributed by atoms with van der Waals surface area (Å²) in [7, 11) is 0. The molecular weight excluding hydrogens is 316 g/mol. The van der Waals surface area contributed by atoms with E-state index in [0.717, 1.165) is 53.1 Å². The minimum absolute atomic E-state index is 0.0443. The highest BCUT2D eigenvalue weighted by molar-refractivity contribution is 5.99. The van der Waals surface area contributed by atoms with E-state index in [4.69, 9.17) is 4.52 Å². The highest BCUT2D eigenvalue weighted by Crippen LogP contribution is 2.35. The highest BCUT2D eigenvalue weighted by Gasteiger charge is 2.36. The zero-order valence-electron chi connectivity index (χ0n) is 14.5. The van der Waals surface area contributed by atoms with E-state index in [0.29, 0.717) is 13.1 Å². The number of likely N-dealkylation sites (tertiary alicyclic amines) is 1. The van der Waals surface area contributed by atoms with Crippen LogP contribution in [0.3, 0.4) is 0 Å². The molecule has 0 saturated carbocycles. The minimum Gasteiger partial charge on any atom is -0.361 e. The van der Waals surface area contributed by atoms with Gasteiger partial charge < -0.3 is 9.42 Å². The van der Waals surface area contributed by atoms with Gasteiger partial charge in [-0.2, -0.15) is 5.26 Å². The molecule has 0 spiro atoms. The monoisotopic (exact) mass is 336 g/mol. The predicted molar refractivity (Wildman–Crippen MR) is 92.8 cm³/mol. The number of fused-ring (bicyclic) bond motifs is 1. The number of benzene rings is 1. The van der Waals surface area contributed by atoms with Crippen LogP contribution in [-0.2, 0) is 11.2 Å². The third-order valence-electron chi connectivity index (χ3n) is 5.23. The number of hydrogen-bond donors (Lipinski definition) is 0. The lowest BCUT2D eigenvalue weighted by Gasteiger charge is -2.24. The number of nitriles is 1. The lowest BCUT2D eigenvalue weighted by Crippen LogP contribution is -2.43. The van der Waals surface area contributed by atoms with Gasteiger partial charge in [0.1, 0.15) is 11.8 Å². The van der Waals surface area contributed by atoms with Crippen molar-refractivity contribution >= 4 is 11.6 Å². The largest absolute Gasteiger partial charge is 0.361 e. The number of hydrogen-bond acceptors (Lipinski definition) is 5. The Morgan fingerprint density at radius 3 is 2.92 bits per heavy atom. The van der Waals surface area contributed by atoms with Gasteiger partial charge in [0.2, 0.25) is 5.91 Å². The van der Waals surface area contributed by atoms with Crippen molar-refractivity contribution in [2.75, 3.05) is 18.0 Å². The van der Waals surface area contributed by atoms with Gasteiger partial charge in [0.05, 0.1) is 5.69 Å². The molecule has 0 aliphatic carbocycles. The number of aryl methyl sites for hydroxylation is 2. The highest BCUT2D eigenvalue weighted by atomic mass is 16.5. The molecule has 128 valence electrons. The van der Waals surface area contributed by atoms with E-state index in [-0.39, 0.29) is 11.9 Å². The SMILES string of the molecule is Cc1noc(C)c1-c1ccc2c(c1)CCN2C(=O)C1CCCN1C#N. The summed E-state index contributed by atoms with van der Waals surface area (Å²) < 4.78 is 5.27. The van der Waals surface area contributed by atoms with E-state index in [1.165, 1.54) is 0 Å². The van der Waals surface area contributed by atoms with Crippen molar-refractivity contribution < 1.29 is 9.32 Å². The smallest absolute Gasteiger partial charge is 0.250 e. The summed E-state index contributed by atoms with van der Waals surface area (Å²) in [5.41, 5.74) is 5.10. The van der Waals surface area contributed by atoms with Gasteiger partial charge in [0, 0.05) is 24.3 Å². The van der Waals surface area contributed by atoms with Gasteiger partial charge in [0.25, 0.3) is 0 Å². The van der Waals surface area contributed by atoms with Crippen LogP contribution in [0.25, 0.3) is 11.1 Å². The normalized spacial score (nSPS) is 19.2. The van der Waals surface area contributed by atoms with Crippen LogP contribution < -0.4 is 4.90 Å². The predicted octanol–water partition coefficient (Wildman–Crippen LogP) is 2.79. The Morgan fingerprint density at radius 1 is 1.36 bits per heavy atom. The zero-order valence-corrected chi connectivity index (χ0v) is 14.5. The minimum atomic E-state index is -0.307. The van der Waals surface area contributed by atoms with Crippen LogP contribution in [0.4, 0.5) is 5.69 Å². The number of anilines is 1. The maximum atomic E-state index is 12.9. The van der Waals surface area contributed by atoms with Crippen molar-refractivity contribution in [3.8, 4) is 17.3 Å². The van der Waals surface area contributed by atoms with Crippen molar-refractivity contribution in [1.29, 1.82) is 5.26 Å². The first-order chi connectivity index (χ1) is 12.1. The van der Waals surface area contributed by atoms with Crippen LogP contribution in [0.1, 0.15) is 29.9 Å². The van der Waals surface area contributed by atoms with Crippen LogP contribution in [-0.4, -0.2) is 35.1 Å². The fraction of sp³-hybridized carbons (Fsp3) is 0.421. The van der Waals surface area contributed by atoms with Gasteiger partial charge >= 0.3 is 0 Å². The van der Waals surface area contributed by atoms with E-state index in [1.54, 1.807) is 4.90 Å². The van der Waals surface area contributed by atoms with Crippen molar-refractivity contribution in [2.24, 2.45) is 0 Å². The fourth-order valence-corrected chi connectivity index (χ4v) is 4.00. The lowest BCUT2D eigenvalue weighted by molar-refractivity contribution is -0.121. The molecule has 1 amide bonds. The van der Waals surface area contributed by atoms with Gasteiger partial charge in [-0.05, 0) is 56.4 Å². The molecule has 4 rings (SSSR count). The summed E-state index contributed by atoms with van der Waals surface area (Å²) in [5.74, 6) is 0.849. The van der Waals surface area contributed by atoms with Crippen LogP contribution in [0, 0.1) is 25.3 Å². The summed E-state index contributed by atoms with van der Waals surface area (Å²) in [4.78, 5) is 16.4. The standard InChI is InChI=1S/C19H20N4O2/c1-12-18(13(2)25-21-12)15-5-6-16-14(10-15)7-9-23(16)19(24)17-4-3-8-22(17)11-20/h5-6,10,17H,3-4,7-9H2,1-2H3. The quantitative estimate of drug-likeness (QED) is 0.789. The Morgan fingerprint density at radius 2 is 2.20 bits per heavy atom. The van der Waals surface area contributed by atoms with Crippen molar-refractivity contribution in [2.45, 2.75) is 39.2 Å². The number of aromatic nitrogens is 1. The molecule has 2 aliphatic rings. The summed E-state index contributed by atoms with van der Waals surface area (Å²) in [6.45, 7) is 5.20. The molecule has 2 aliphatic heterocycles. The molecule has 0 bridgehead atoms. The van der Waals surface area contributed by atoms with Gasteiger partial charge in [-0.3, -0.25) is 9.69 Å². The van der Waals surface area contributed by atoms with Gasteiger partial charge in [-0.1, -0.05) is 11.2 Å². The van der Waals surface area contributed by atoms with E-state index in [2.05, 4.69) is 17.4 Å². The average molecular weight is 336 g/mol. The Bertz CT molecular complexity index is 861. The molecule has 1 aromatic heterocycles. The average Bonchev–Trinajstić information content (AvgIpc) is 3.32. The van der Waals surface area contributed by atoms with Crippen LogP contribution in [0.2, 0.25) is 0 Å². The summed E-state index contributed by atoms with van der Waals surface area (Å²) in [6.07, 6.45) is 4.64. The molecule has 6 nitrogen and oxygen atoms in total. The Labute approximate surface area is 146 Å². The summed E-state index contributed by atoms with van der Waals surface area (Å²) >= 11 is 0. The van der Waals surface area contributed by atoms with E-state index < -0.39 is 0 Å². The third-order valence-corrected chi connectivity index (χ3v) is 5.23. The van der Waals surface area contributed by atoms with Gasteiger partial charge in [0.15, 0.2) is 6.19 Å². The number of rotatable bonds is 2. The van der Waals surface area contributed by atoms with Gasteiger partial charge in [-0.25, -0.2) is 0 Å². The molecule has 1 saturated heterocycles. The molecule has 3 heterocycles. The number of carbonyl (C=O) groups is 1. The molecular formula is C19H20N4O2. The van der Waals surface area contributed by atoms with Crippen molar-refractivity contribution in [1.82, 2.24) is 10.1 Å². The van der Waals surface area contributed by atoms with Gasteiger partial charge in [-0.15, -0.1) is 0 Å². The third kappa shape index (κ3) is 2.47. The number of amides is 1. The Balaban J connectivity index is 1.64. The Hall–Kier alpha value is -2.81. The summed E-state index contributed by atoms with van der Waals surface area (Å²) in [6, 6.07) is 5.85. The first-order valence-electron chi connectivity index (χ1n) is 8.64. The van der Waals surface area contributed by atoms with Crippen molar-refractivity contribution in [3.05, 3.63) is 35.2 Å². The van der Waals surface area contributed by atoms with Crippen molar-refractivity contribution in [3.63, 3.8) is 0 Å². The van der Waals surface area contributed by atoms with Crippen LogP contribution in [0.15, 0.2) is 22.7 Å². The van der Waals surface area contributed by atoms with E-state index in [1.807, 2.05) is 30.9 Å². The molecule has 6 heteroatoms. The fourth-order valence-electron chi connectivity index (χ4n) is 4.00. The topological polar surface area (TPSA) is 73.4 Å². The molecule has 1 atom stereocenters. The summed E-state index contributed by atoms with van der Waals surface area (Å²) in [5, 5.41) is 13.2.